The van der Waals surface area contributed by atoms with E-state index in [1.165, 1.54) is 0 Å². The normalized spacial score (nSPS) is 18.5. The van der Waals surface area contributed by atoms with E-state index in [0.29, 0.717) is 42.1 Å². The van der Waals surface area contributed by atoms with Crippen molar-refractivity contribution < 1.29 is 26.9 Å². The molecule has 0 aliphatic heterocycles. The number of nitrogens with one attached hydrogen (secondary N) is 2. The fourth-order valence-corrected chi connectivity index (χ4v) is 3.70. The van der Waals surface area contributed by atoms with E-state index in [9.17, 15) is 22.4 Å². The lowest BCUT2D eigenvalue weighted by atomic mass is 10.1. The predicted octanol–water partition coefficient (Wildman–Crippen LogP) is 4.36. The Bertz CT molecular complexity index is 1130. The zero-order chi connectivity index (χ0) is 22.9. The Hall–Kier alpha value is -3.50. The van der Waals surface area contributed by atoms with Crippen LogP contribution in [0.4, 0.5) is 23.4 Å². The minimum atomic E-state index is -4.68. The second-order valence-electron chi connectivity index (χ2n) is 7.51. The summed E-state index contributed by atoms with van der Waals surface area (Å²) in [6.07, 6.45) is -2.14. The summed E-state index contributed by atoms with van der Waals surface area (Å²) in [6.45, 7) is 1.67. The van der Waals surface area contributed by atoms with Gasteiger partial charge in [0.2, 0.25) is 0 Å². The van der Waals surface area contributed by atoms with Gasteiger partial charge in [-0.3, -0.25) is 4.79 Å². The lowest BCUT2D eigenvalue weighted by Gasteiger charge is -2.23. The Balaban J connectivity index is 1.49. The second kappa shape index (κ2) is 8.56. The third-order valence-electron chi connectivity index (χ3n) is 5.25. The summed E-state index contributed by atoms with van der Waals surface area (Å²) in [6, 6.07) is 6.39. The number of aromatic nitrogens is 3. The quantitative estimate of drug-likeness (QED) is 0.563. The van der Waals surface area contributed by atoms with Crippen LogP contribution in [-0.4, -0.2) is 33.1 Å². The van der Waals surface area contributed by atoms with Crippen LogP contribution in [0.3, 0.4) is 0 Å². The molecule has 1 unspecified atom stereocenters. The molecule has 2 heterocycles. The van der Waals surface area contributed by atoms with E-state index in [0.717, 1.165) is 6.42 Å². The summed E-state index contributed by atoms with van der Waals surface area (Å²) in [4.78, 5) is 20.7. The molecule has 7 nitrogen and oxygen atoms in total. The van der Waals surface area contributed by atoms with Crippen molar-refractivity contribution in [1.29, 1.82) is 0 Å². The number of amides is 1. The molecule has 11 heteroatoms. The van der Waals surface area contributed by atoms with E-state index in [1.54, 1.807) is 31.2 Å². The first-order valence-electron chi connectivity index (χ1n) is 9.92. The number of nitrogens with zero attached hydrogens (tertiary/aromatic N) is 3. The molecular formula is C21H19F4N5O2. The van der Waals surface area contributed by atoms with Gasteiger partial charge < -0.3 is 15.2 Å². The van der Waals surface area contributed by atoms with Crippen molar-refractivity contribution in [3.63, 3.8) is 0 Å². The van der Waals surface area contributed by atoms with Gasteiger partial charge >= 0.3 is 6.18 Å². The highest BCUT2D eigenvalue weighted by atomic mass is 19.4. The van der Waals surface area contributed by atoms with E-state index < -0.39 is 23.6 Å². The Kier molecular flexibility index (Phi) is 5.81. The van der Waals surface area contributed by atoms with Gasteiger partial charge in [0.1, 0.15) is 0 Å². The maximum Gasteiger partial charge on any atom is 0.417 e. The molecule has 1 saturated carbocycles. The number of carbonyl (C=O) groups excluding carboxylic acids is 1. The molecule has 0 saturated heterocycles. The van der Waals surface area contributed by atoms with Crippen molar-refractivity contribution in [2.75, 3.05) is 5.32 Å². The van der Waals surface area contributed by atoms with Gasteiger partial charge in [-0.1, -0.05) is 17.3 Å². The number of carbonyl (C=O) groups is 1. The molecule has 2 aromatic heterocycles. The number of hydrogen-bond donors (Lipinski definition) is 2. The summed E-state index contributed by atoms with van der Waals surface area (Å²) >= 11 is 0. The number of aryl methyl sites for hydroxylation is 1. The van der Waals surface area contributed by atoms with E-state index in [-0.39, 0.29) is 23.7 Å². The zero-order valence-corrected chi connectivity index (χ0v) is 16.9. The van der Waals surface area contributed by atoms with E-state index in [4.69, 9.17) is 4.52 Å². The van der Waals surface area contributed by atoms with Crippen LogP contribution in [0, 0.1) is 12.7 Å². The fourth-order valence-electron chi connectivity index (χ4n) is 3.70. The molecule has 2 N–H and O–H groups in total. The molecule has 2 atom stereocenters. The molecule has 1 aliphatic carbocycles. The number of alkyl halides is 3. The molecule has 168 valence electrons. The van der Waals surface area contributed by atoms with Crippen LogP contribution < -0.4 is 10.6 Å². The monoisotopic (exact) mass is 449 g/mol. The molecule has 1 aliphatic rings. The summed E-state index contributed by atoms with van der Waals surface area (Å²) < 4.78 is 57.6. The largest absolute Gasteiger partial charge is 0.417 e. The Labute approximate surface area is 180 Å². The van der Waals surface area contributed by atoms with Gasteiger partial charge in [0.15, 0.2) is 17.5 Å². The average molecular weight is 449 g/mol. The van der Waals surface area contributed by atoms with Gasteiger partial charge in [0.25, 0.3) is 11.8 Å². The van der Waals surface area contributed by atoms with Gasteiger partial charge in [-0.2, -0.15) is 18.2 Å². The van der Waals surface area contributed by atoms with Crippen molar-refractivity contribution in [1.82, 2.24) is 20.4 Å². The Morgan fingerprint density at radius 3 is 2.62 bits per heavy atom. The highest BCUT2D eigenvalue weighted by molar-refractivity contribution is 6.00. The highest BCUT2D eigenvalue weighted by Crippen LogP contribution is 2.31. The molecule has 4 rings (SSSR count). The molecular weight excluding hydrogens is 430 g/mol. The number of benzene rings is 1. The lowest BCUT2D eigenvalue weighted by molar-refractivity contribution is -0.138. The smallest absolute Gasteiger partial charge is 0.363 e. The van der Waals surface area contributed by atoms with Crippen LogP contribution >= 0.6 is 0 Å². The number of rotatable bonds is 5. The van der Waals surface area contributed by atoms with Gasteiger partial charge in [0, 0.05) is 18.3 Å². The Morgan fingerprint density at radius 1 is 1.19 bits per heavy atom. The van der Waals surface area contributed by atoms with Gasteiger partial charge in [-0.15, -0.1) is 0 Å². The molecule has 0 bridgehead atoms. The summed E-state index contributed by atoms with van der Waals surface area (Å²) in [5, 5.41) is 9.50. The first-order chi connectivity index (χ1) is 15.2. The second-order valence-corrected chi connectivity index (χ2v) is 7.51. The molecule has 0 spiro atoms. The number of pyridine rings is 1. The molecule has 32 heavy (non-hydrogen) atoms. The summed E-state index contributed by atoms with van der Waals surface area (Å²) in [5.41, 5.74) is -0.353. The maximum absolute atomic E-state index is 14.2. The minimum absolute atomic E-state index is 0.213. The van der Waals surface area contributed by atoms with Crippen molar-refractivity contribution >= 4 is 11.7 Å². The van der Waals surface area contributed by atoms with E-state index in [1.807, 2.05) is 0 Å². The molecule has 3 aromatic rings. The zero-order valence-electron chi connectivity index (χ0n) is 16.9. The van der Waals surface area contributed by atoms with Gasteiger partial charge in [-0.25, -0.2) is 9.37 Å². The number of halogens is 4. The standard InChI is InChI=1S/C21H19F4N5O2/c1-11-27-20(32-30-11)14-6-3-2-5-13(14)19(31)29-17-8-4-7-16(17)28-18-15(22)9-12(10-26-18)21(23,24)25/h2-3,5-6,9-10,16-17H,4,7-8H2,1H3,(H,26,28)(H,29,31)/t16-,17?/m0/s1. The van der Waals surface area contributed by atoms with Crippen LogP contribution in [0.2, 0.25) is 0 Å². The predicted molar refractivity (Wildman–Crippen MR) is 106 cm³/mol. The average Bonchev–Trinajstić information content (AvgIpc) is 3.37. The van der Waals surface area contributed by atoms with Crippen LogP contribution in [0.1, 0.15) is 41.0 Å². The van der Waals surface area contributed by atoms with Crippen LogP contribution in [0.5, 0.6) is 0 Å². The van der Waals surface area contributed by atoms with Crippen LogP contribution in [-0.2, 0) is 6.18 Å². The first kappa shape index (κ1) is 21.7. The highest BCUT2D eigenvalue weighted by Gasteiger charge is 2.34. The van der Waals surface area contributed by atoms with E-state index >= 15 is 0 Å². The SMILES string of the molecule is Cc1noc(-c2ccccc2C(=O)NC2CCC[C@@H]2Nc2ncc(C(F)(F)F)cc2F)n1. The molecule has 0 radical (unpaired) electrons. The maximum atomic E-state index is 14.2. The van der Waals surface area contributed by atoms with Crippen LogP contribution in [0.25, 0.3) is 11.5 Å². The third kappa shape index (κ3) is 4.56. The van der Waals surface area contributed by atoms with Crippen molar-refractivity contribution in [2.45, 2.75) is 44.4 Å². The van der Waals surface area contributed by atoms with Gasteiger partial charge in [0.05, 0.1) is 16.7 Å². The van der Waals surface area contributed by atoms with Crippen molar-refractivity contribution in [3.05, 3.63) is 59.3 Å². The summed E-state index contributed by atoms with van der Waals surface area (Å²) in [7, 11) is 0. The topological polar surface area (TPSA) is 92.9 Å². The van der Waals surface area contributed by atoms with E-state index in [2.05, 4.69) is 25.8 Å². The summed E-state index contributed by atoms with van der Waals surface area (Å²) in [5.74, 6) is -1.12. The third-order valence-corrected chi connectivity index (χ3v) is 5.25. The number of hydrogen-bond acceptors (Lipinski definition) is 6. The molecule has 1 fully saturated rings. The van der Waals surface area contributed by atoms with Gasteiger partial charge in [-0.05, 0) is 44.4 Å². The van der Waals surface area contributed by atoms with Crippen molar-refractivity contribution in [2.24, 2.45) is 0 Å². The lowest BCUT2D eigenvalue weighted by Crippen LogP contribution is -2.43. The molecule has 1 amide bonds. The van der Waals surface area contributed by atoms with Crippen LogP contribution in [0.15, 0.2) is 41.1 Å². The minimum Gasteiger partial charge on any atom is -0.363 e. The number of anilines is 1. The fraction of sp³-hybridized carbons (Fsp3) is 0.333. The first-order valence-corrected chi connectivity index (χ1v) is 9.92. The molecule has 1 aromatic carbocycles. The van der Waals surface area contributed by atoms with Crippen molar-refractivity contribution in [3.8, 4) is 11.5 Å². The Morgan fingerprint density at radius 2 is 1.94 bits per heavy atom.